The molecule has 1 heterocycles. The smallest absolute Gasteiger partial charge is 0.306 e. The van der Waals surface area contributed by atoms with Crippen molar-refractivity contribution in [3.05, 3.63) is 22.4 Å². The van der Waals surface area contributed by atoms with Crippen molar-refractivity contribution in [2.75, 3.05) is 18.6 Å². The molecule has 0 aromatic carbocycles. The summed E-state index contributed by atoms with van der Waals surface area (Å²) in [6, 6.07) is 4.09. The normalized spacial score (nSPS) is 18.3. The van der Waals surface area contributed by atoms with Crippen LogP contribution in [0, 0.1) is 5.41 Å². The summed E-state index contributed by atoms with van der Waals surface area (Å²) in [6.45, 7) is 0. The summed E-state index contributed by atoms with van der Waals surface area (Å²) in [5, 5.41) is 2.04. The molecule has 1 aromatic rings. The molecular formula is C13H18O3S2. The topological polar surface area (TPSA) is 43.4 Å². The minimum Gasteiger partial charge on any atom is -0.469 e. The zero-order valence-electron chi connectivity index (χ0n) is 10.5. The summed E-state index contributed by atoms with van der Waals surface area (Å²) in [6.07, 6.45) is 3.31. The van der Waals surface area contributed by atoms with Gasteiger partial charge in [0.15, 0.2) is 0 Å². The summed E-state index contributed by atoms with van der Waals surface area (Å²) in [7, 11) is 0.578. The van der Waals surface area contributed by atoms with Gasteiger partial charge in [-0.15, -0.1) is 11.3 Å². The molecule has 100 valence electrons. The van der Waals surface area contributed by atoms with Crippen molar-refractivity contribution in [3.63, 3.8) is 0 Å². The second kappa shape index (κ2) is 5.97. The molecule has 0 bridgehead atoms. The summed E-state index contributed by atoms with van der Waals surface area (Å²) in [5.41, 5.74) is -0.0204. The van der Waals surface area contributed by atoms with E-state index in [2.05, 4.69) is 6.07 Å². The van der Waals surface area contributed by atoms with Crippen LogP contribution in [0.2, 0.25) is 0 Å². The van der Waals surface area contributed by atoms with Gasteiger partial charge in [0.1, 0.15) is 0 Å². The van der Waals surface area contributed by atoms with Gasteiger partial charge in [-0.05, 0) is 36.1 Å². The summed E-state index contributed by atoms with van der Waals surface area (Å²) < 4.78 is 16.7. The molecule has 0 N–H and O–H groups in total. The molecule has 0 spiro atoms. The first-order chi connectivity index (χ1) is 8.63. The molecule has 0 amide bonds. The molecule has 1 atom stereocenters. The van der Waals surface area contributed by atoms with Gasteiger partial charge in [-0.25, -0.2) is 0 Å². The third-order valence-corrected chi connectivity index (χ3v) is 5.86. The maximum atomic E-state index is 12.0. The van der Waals surface area contributed by atoms with Crippen LogP contribution in [0.3, 0.4) is 0 Å². The molecule has 1 aliphatic carbocycles. The average Bonchev–Trinajstić information content (AvgIpc) is 2.91. The maximum absolute atomic E-state index is 12.0. The molecule has 0 saturated heterocycles. The number of hydrogen-bond acceptors (Lipinski definition) is 4. The molecule has 1 saturated carbocycles. The van der Waals surface area contributed by atoms with Crippen molar-refractivity contribution in [2.24, 2.45) is 5.41 Å². The van der Waals surface area contributed by atoms with E-state index in [0.29, 0.717) is 17.9 Å². The number of thiophene rings is 1. The fourth-order valence-corrected chi connectivity index (χ4v) is 4.51. The van der Waals surface area contributed by atoms with Crippen LogP contribution in [0.4, 0.5) is 0 Å². The van der Waals surface area contributed by atoms with Crippen molar-refractivity contribution in [1.82, 2.24) is 0 Å². The van der Waals surface area contributed by atoms with Gasteiger partial charge in [-0.3, -0.25) is 9.00 Å². The lowest BCUT2D eigenvalue weighted by molar-refractivity contribution is -0.141. The monoisotopic (exact) mass is 286 g/mol. The maximum Gasteiger partial charge on any atom is 0.306 e. The molecule has 1 fully saturated rings. The lowest BCUT2D eigenvalue weighted by Crippen LogP contribution is -2.19. The van der Waals surface area contributed by atoms with Gasteiger partial charge in [-0.1, -0.05) is 6.07 Å². The first-order valence-corrected chi connectivity index (χ1v) is 8.44. The van der Waals surface area contributed by atoms with Gasteiger partial charge in [0, 0.05) is 27.2 Å². The van der Waals surface area contributed by atoms with Crippen LogP contribution < -0.4 is 0 Å². The fraction of sp³-hybridized carbons (Fsp3) is 0.615. The molecule has 2 rings (SSSR count). The van der Waals surface area contributed by atoms with Crippen LogP contribution in [-0.2, 0) is 26.8 Å². The highest BCUT2D eigenvalue weighted by molar-refractivity contribution is 7.85. The minimum absolute atomic E-state index is 0.0204. The Kier molecular flexibility index (Phi) is 4.56. The van der Waals surface area contributed by atoms with Gasteiger partial charge in [-0.2, -0.15) is 0 Å². The van der Waals surface area contributed by atoms with E-state index in [-0.39, 0.29) is 11.4 Å². The van der Waals surface area contributed by atoms with E-state index in [1.165, 1.54) is 12.0 Å². The van der Waals surface area contributed by atoms with Crippen molar-refractivity contribution in [3.8, 4) is 0 Å². The highest BCUT2D eigenvalue weighted by Crippen LogP contribution is 2.49. The minimum atomic E-state index is -0.831. The van der Waals surface area contributed by atoms with E-state index in [0.717, 1.165) is 19.3 Å². The molecular weight excluding hydrogens is 268 g/mol. The zero-order chi connectivity index (χ0) is 13.0. The number of esters is 1. The molecule has 18 heavy (non-hydrogen) atoms. The number of hydrogen-bond donors (Lipinski definition) is 0. The summed E-state index contributed by atoms with van der Waals surface area (Å²) in [5.74, 6) is 1.17. The van der Waals surface area contributed by atoms with E-state index < -0.39 is 10.8 Å². The second-order valence-corrected chi connectivity index (χ2v) is 7.48. The third-order valence-electron chi connectivity index (χ3n) is 3.33. The van der Waals surface area contributed by atoms with E-state index in [1.54, 1.807) is 11.3 Å². The van der Waals surface area contributed by atoms with Crippen molar-refractivity contribution < 1.29 is 13.7 Å². The largest absolute Gasteiger partial charge is 0.469 e. The molecule has 3 nitrogen and oxygen atoms in total. The number of rotatable bonds is 7. The predicted octanol–water partition coefficient (Wildman–Crippen LogP) is 2.38. The summed E-state index contributed by atoms with van der Waals surface area (Å²) in [4.78, 5) is 12.6. The zero-order valence-corrected chi connectivity index (χ0v) is 12.1. The van der Waals surface area contributed by atoms with Crippen molar-refractivity contribution in [1.29, 1.82) is 0 Å². The van der Waals surface area contributed by atoms with Crippen LogP contribution in [0.5, 0.6) is 0 Å². The molecule has 0 aliphatic heterocycles. The standard InChI is InChI=1S/C13H18O3S2/c1-16-12(14)9-13(5-6-13)10-18(15)8-4-11-3-2-7-17-11/h2-3,7H,4-6,8-10H2,1H3. The van der Waals surface area contributed by atoms with Gasteiger partial charge in [0.25, 0.3) is 0 Å². The van der Waals surface area contributed by atoms with Crippen LogP contribution in [0.1, 0.15) is 24.1 Å². The Balaban J connectivity index is 1.75. The first kappa shape index (κ1) is 13.7. The van der Waals surface area contributed by atoms with Crippen molar-refractivity contribution in [2.45, 2.75) is 25.7 Å². The Morgan fingerprint density at radius 1 is 1.56 bits per heavy atom. The van der Waals surface area contributed by atoms with E-state index in [9.17, 15) is 9.00 Å². The molecule has 1 aliphatic rings. The fourth-order valence-electron chi connectivity index (χ4n) is 2.01. The quantitative estimate of drug-likeness (QED) is 0.723. The number of methoxy groups -OCH3 is 1. The van der Waals surface area contributed by atoms with Gasteiger partial charge >= 0.3 is 5.97 Å². The number of aryl methyl sites for hydroxylation is 1. The molecule has 0 radical (unpaired) electrons. The number of carbonyl (C=O) groups excluding carboxylic acids is 1. The summed E-state index contributed by atoms with van der Waals surface area (Å²) >= 11 is 1.70. The second-order valence-electron chi connectivity index (χ2n) is 4.87. The lowest BCUT2D eigenvalue weighted by Gasteiger charge is -2.12. The average molecular weight is 286 g/mol. The third kappa shape index (κ3) is 3.92. The van der Waals surface area contributed by atoms with Crippen LogP contribution in [0.25, 0.3) is 0 Å². The van der Waals surface area contributed by atoms with Crippen LogP contribution in [-0.4, -0.2) is 28.8 Å². The van der Waals surface area contributed by atoms with E-state index in [4.69, 9.17) is 4.74 Å². The Morgan fingerprint density at radius 3 is 2.89 bits per heavy atom. The highest BCUT2D eigenvalue weighted by atomic mass is 32.2. The SMILES string of the molecule is COC(=O)CC1(CS(=O)CCc2cccs2)CC1. The van der Waals surface area contributed by atoms with Crippen LogP contribution in [0.15, 0.2) is 17.5 Å². The Hall–Kier alpha value is -0.680. The van der Waals surface area contributed by atoms with Gasteiger partial charge in [0.05, 0.1) is 13.5 Å². The van der Waals surface area contributed by atoms with E-state index in [1.807, 2.05) is 11.4 Å². The Labute approximate surface area is 114 Å². The van der Waals surface area contributed by atoms with Gasteiger partial charge in [0.2, 0.25) is 0 Å². The number of carbonyl (C=O) groups is 1. The molecule has 1 aromatic heterocycles. The number of ether oxygens (including phenoxy) is 1. The van der Waals surface area contributed by atoms with Gasteiger partial charge < -0.3 is 4.74 Å². The Morgan fingerprint density at radius 2 is 2.33 bits per heavy atom. The first-order valence-electron chi connectivity index (χ1n) is 6.08. The highest BCUT2D eigenvalue weighted by Gasteiger charge is 2.45. The lowest BCUT2D eigenvalue weighted by atomic mass is 10.1. The van der Waals surface area contributed by atoms with E-state index >= 15 is 0 Å². The molecule has 1 unspecified atom stereocenters. The predicted molar refractivity (Wildman–Crippen MR) is 74.2 cm³/mol. The van der Waals surface area contributed by atoms with Crippen molar-refractivity contribution >= 4 is 28.1 Å². The van der Waals surface area contributed by atoms with Crippen LogP contribution >= 0.6 is 11.3 Å². The molecule has 5 heteroatoms. The Bertz CT molecular complexity index is 421.